The molecule has 2 N–H and O–H groups in total. The van der Waals surface area contributed by atoms with Crippen molar-refractivity contribution in [3.8, 4) is 5.75 Å². The molecule has 0 spiro atoms. The van der Waals surface area contributed by atoms with Gasteiger partial charge in [-0.25, -0.2) is 4.79 Å². The van der Waals surface area contributed by atoms with Crippen LogP contribution in [-0.4, -0.2) is 30.7 Å². The third-order valence-electron chi connectivity index (χ3n) is 2.46. The molecule has 1 aromatic carbocycles. The molecule has 110 valence electrons. The summed E-state index contributed by atoms with van der Waals surface area (Å²) in [6, 6.07) is 2.98. The van der Waals surface area contributed by atoms with Gasteiger partial charge in [0.05, 0.1) is 19.4 Å². The smallest absolute Gasteiger partial charge is 0.339 e. The standard InChI is InChI=1S/C13H16ClNO5/c1-4-20-13(18)12(17)10-8(14)5-6-9(19-3)11(10)15-7(2)16/h5-6,12,17H,4H2,1-3H3,(H,15,16). The minimum absolute atomic E-state index is 0.0414. The number of halogens is 1. The lowest BCUT2D eigenvalue weighted by Crippen LogP contribution is -2.19. The number of ether oxygens (including phenoxy) is 2. The monoisotopic (exact) mass is 301 g/mol. The molecule has 1 rings (SSSR count). The van der Waals surface area contributed by atoms with Crippen molar-refractivity contribution < 1.29 is 24.2 Å². The van der Waals surface area contributed by atoms with Gasteiger partial charge in [-0.05, 0) is 19.1 Å². The van der Waals surface area contributed by atoms with Crippen LogP contribution in [0.15, 0.2) is 12.1 Å². The number of hydrogen-bond acceptors (Lipinski definition) is 5. The summed E-state index contributed by atoms with van der Waals surface area (Å²) in [5.74, 6) is -0.958. The van der Waals surface area contributed by atoms with Crippen LogP contribution in [0.25, 0.3) is 0 Å². The van der Waals surface area contributed by atoms with Gasteiger partial charge in [0, 0.05) is 17.5 Å². The summed E-state index contributed by atoms with van der Waals surface area (Å²) < 4.78 is 9.84. The van der Waals surface area contributed by atoms with E-state index in [4.69, 9.17) is 21.1 Å². The summed E-state index contributed by atoms with van der Waals surface area (Å²) in [6.07, 6.45) is -1.61. The summed E-state index contributed by atoms with van der Waals surface area (Å²) in [6.45, 7) is 3.03. The van der Waals surface area contributed by atoms with E-state index < -0.39 is 12.1 Å². The van der Waals surface area contributed by atoms with Crippen molar-refractivity contribution >= 4 is 29.2 Å². The Labute approximate surface area is 121 Å². The highest BCUT2D eigenvalue weighted by molar-refractivity contribution is 6.32. The van der Waals surface area contributed by atoms with Crippen LogP contribution in [0.4, 0.5) is 5.69 Å². The molecule has 1 amide bonds. The second-order valence-corrected chi connectivity index (χ2v) is 4.28. The normalized spacial score (nSPS) is 11.7. The van der Waals surface area contributed by atoms with Crippen molar-refractivity contribution in [2.75, 3.05) is 19.0 Å². The SMILES string of the molecule is CCOC(=O)C(O)c1c(Cl)ccc(OC)c1NC(C)=O. The number of esters is 1. The molecule has 0 heterocycles. The number of hydrogen-bond donors (Lipinski definition) is 2. The summed E-state index contributed by atoms with van der Waals surface area (Å²) >= 11 is 6.01. The first-order valence-electron chi connectivity index (χ1n) is 5.91. The zero-order valence-corrected chi connectivity index (χ0v) is 12.2. The zero-order chi connectivity index (χ0) is 15.3. The molecule has 6 nitrogen and oxygen atoms in total. The molecule has 7 heteroatoms. The Morgan fingerprint density at radius 1 is 1.45 bits per heavy atom. The molecule has 1 atom stereocenters. The van der Waals surface area contributed by atoms with E-state index in [0.717, 1.165) is 0 Å². The molecule has 1 unspecified atom stereocenters. The van der Waals surface area contributed by atoms with Gasteiger partial charge >= 0.3 is 5.97 Å². The van der Waals surface area contributed by atoms with Gasteiger partial charge in [0.25, 0.3) is 0 Å². The number of rotatable bonds is 5. The fourth-order valence-electron chi connectivity index (χ4n) is 1.66. The molecule has 0 aromatic heterocycles. The number of benzene rings is 1. The largest absolute Gasteiger partial charge is 0.495 e. The van der Waals surface area contributed by atoms with Crippen molar-refractivity contribution in [3.63, 3.8) is 0 Å². The van der Waals surface area contributed by atoms with Gasteiger partial charge in [-0.1, -0.05) is 11.6 Å². The maximum Gasteiger partial charge on any atom is 0.339 e. The molecule has 0 aliphatic rings. The second kappa shape index (κ2) is 7.12. The number of amides is 1. The predicted molar refractivity (Wildman–Crippen MR) is 73.9 cm³/mol. The van der Waals surface area contributed by atoms with Gasteiger partial charge < -0.3 is 19.9 Å². The highest BCUT2D eigenvalue weighted by atomic mass is 35.5. The Hall–Kier alpha value is -1.79. The van der Waals surface area contributed by atoms with Crippen molar-refractivity contribution in [2.45, 2.75) is 20.0 Å². The van der Waals surface area contributed by atoms with Crippen LogP contribution < -0.4 is 10.1 Å². The van der Waals surface area contributed by atoms with E-state index in [2.05, 4.69) is 5.32 Å². The maximum absolute atomic E-state index is 11.6. The van der Waals surface area contributed by atoms with Crippen LogP contribution in [0.3, 0.4) is 0 Å². The van der Waals surface area contributed by atoms with Crippen molar-refractivity contribution in [1.29, 1.82) is 0 Å². The van der Waals surface area contributed by atoms with Crippen LogP contribution >= 0.6 is 11.6 Å². The van der Waals surface area contributed by atoms with E-state index in [1.165, 1.54) is 26.2 Å². The first kappa shape index (κ1) is 16.3. The maximum atomic E-state index is 11.6. The predicted octanol–water partition coefficient (Wildman–Crippen LogP) is 1.90. The highest BCUT2D eigenvalue weighted by Gasteiger charge is 2.27. The van der Waals surface area contributed by atoms with Gasteiger partial charge in [0.15, 0.2) is 6.10 Å². The Morgan fingerprint density at radius 2 is 2.10 bits per heavy atom. The van der Waals surface area contributed by atoms with Crippen molar-refractivity contribution in [1.82, 2.24) is 0 Å². The van der Waals surface area contributed by atoms with Crippen LogP contribution in [0.5, 0.6) is 5.75 Å². The molecular formula is C13H16ClNO5. The van der Waals surface area contributed by atoms with Crippen LogP contribution in [0, 0.1) is 0 Å². The van der Waals surface area contributed by atoms with E-state index in [1.807, 2.05) is 0 Å². The number of nitrogens with one attached hydrogen (secondary N) is 1. The molecule has 0 saturated heterocycles. The van der Waals surface area contributed by atoms with E-state index in [1.54, 1.807) is 6.92 Å². The van der Waals surface area contributed by atoms with Crippen LogP contribution in [-0.2, 0) is 14.3 Å². The molecule has 0 aliphatic heterocycles. The summed E-state index contributed by atoms with van der Waals surface area (Å²) in [5.41, 5.74) is 0.188. The average molecular weight is 302 g/mol. The summed E-state index contributed by atoms with van der Waals surface area (Å²) in [7, 11) is 1.40. The molecule has 0 bridgehead atoms. The molecule has 0 radical (unpaired) electrons. The Balaban J connectivity index is 3.34. The molecule has 1 aromatic rings. The lowest BCUT2D eigenvalue weighted by Gasteiger charge is -2.18. The zero-order valence-electron chi connectivity index (χ0n) is 11.4. The first-order chi connectivity index (χ1) is 9.42. The van der Waals surface area contributed by atoms with Crippen molar-refractivity contribution in [2.24, 2.45) is 0 Å². The highest BCUT2D eigenvalue weighted by Crippen LogP contribution is 2.38. The third-order valence-corrected chi connectivity index (χ3v) is 2.79. The number of carbonyl (C=O) groups excluding carboxylic acids is 2. The van der Waals surface area contributed by atoms with Gasteiger partial charge in [-0.15, -0.1) is 0 Å². The average Bonchev–Trinajstić information content (AvgIpc) is 2.38. The Kier molecular flexibility index (Phi) is 5.79. The fraction of sp³-hybridized carbons (Fsp3) is 0.385. The fourth-order valence-corrected chi connectivity index (χ4v) is 1.92. The second-order valence-electron chi connectivity index (χ2n) is 3.87. The van der Waals surface area contributed by atoms with Gasteiger partial charge in [-0.2, -0.15) is 0 Å². The summed E-state index contributed by atoms with van der Waals surface area (Å²) in [4.78, 5) is 22.9. The van der Waals surface area contributed by atoms with E-state index in [-0.39, 0.29) is 34.5 Å². The number of methoxy groups -OCH3 is 1. The lowest BCUT2D eigenvalue weighted by atomic mass is 10.1. The van der Waals surface area contributed by atoms with E-state index in [9.17, 15) is 14.7 Å². The quantitative estimate of drug-likeness (QED) is 0.811. The molecule has 0 fully saturated rings. The molecular weight excluding hydrogens is 286 g/mol. The summed E-state index contributed by atoms with van der Waals surface area (Å²) in [5, 5.41) is 12.7. The van der Waals surface area contributed by atoms with Crippen LogP contribution in [0.2, 0.25) is 5.02 Å². The Morgan fingerprint density at radius 3 is 2.60 bits per heavy atom. The molecule has 0 saturated carbocycles. The van der Waals surface area contributed by atoms with Gasteiger partial charge in [-0.3, -0.25) is 4.79 Å². The minimum Gasteiger partial charge on any atom is -0.495 e. The van der Waals surface area contributed by atoms with E-state index >= 15 is 0 Å². The lowest BCUT2D eigenvalue weighted by molar-refractivity contribution is -0.153. The van der Waals surface area contributed by atoms with Gasteiger partial charge in [0.1, 0.15) is 5.75 Å². The number of anilines is 1. The number of carbonyl (C=O) groups is 2. The Bertz CT molecular complexity index is 518. The number of aliphatic hydroxyl groups is 1. The van der Waals surface area contributed by atoms with Crippen molar-refractivity contribution in [3.05, 3.63) is 22.7 Å². The first-order valence-corrected chi connectivity index (χ1v) is 6.28. The van der Waals surface area contributed by atoms with Gasteiger partial charge in [0.2, 0.25) is 5.91 Å². The van der Waals surface area contributed by atoms with E-state index in [0.29, 0.717) is 0 Å². The minimum atomic E-state index is -1.61. The molecule has 0 aliphatic carbocycles. The van der Waals surface area contributed by atoms with Crippen LogP contribution in [0.1, 0.15) is 25.5 Å². The number of aliphatic hydroxyl groups excluding tert-OH is 1. The third kappa shape index (κ3) is 3.61. The topological polar surface area (TPSA) is 84.9 Å². The molecule has 20 heavy (non-hydrogen) atoms.